The van der Waals surface area contributed by atoms with Crippen LogP contribution in [0.2, 0.25) is 0 Å². The molecule has 1 unspecified atom stereocenters. The Morgan fingerprint density at radius 2 is 2.11 bits per heavy atom. The van der Waals surface area contributed by atoms with Gasteiger partial charge in [-0.1, -0.05) is 6.07 Å². The van der Waals surface area contributed by atoms with E-state index < -0.39 is 11.6 Å². The van der Waals surface area contributed by atoms with Gasteiger partial charge < -0.3 is 4.57 Å². The highest BCUT2D eigenvalue weighted by molar-refractivity contribution is 9.10. The third-order valence-corrected chi connectivity index (χ3v) is 4.40. The lowest BCUT2D eigenvalue weighted by atomic mass is 9.90. The lowest BCUT2D eigenvalue weighted by molar-refractivity contribution is 0.449. The maximum atomic E-state index is 13.3. The standard InChI is InChI=1S/C14H13BrF2N2/c1-8-18-14(15)13-5-3-10(7-19(8)13)9-2-4-11(16)12(17)6-9/h2,4,6,10H,3,5,7H2,1H3. The molecule has 0 saturated heterocycles. The fourth-order valence-corrected chi connectivity index (χ4v) is 3.38. The second-order valence-electron chi connectivity index (χ2n) is 4.92. The molecule has 1 aliphatic rings. The molecule has 0 bridgehead atoms. The molecule has 1 aromatic carbocycles. The van der Waals surface area contributed by atoms with E-state index in [4.69, 9.17) is 0 Å². The molecule has 0 fully saturated rings. The molecular weight excluding hydrogens is 314 g/mol. The van der Waals surface area contributed by atoms with Gasteiger partial charge in [0, 0.05) is 12.5 Å². The summed E-state index contributed by atoms with van der Waals surface area (Å²) in [4.78, 5) is 4.40. The van der Waals surface area contributed by atoms with Crippen molar-refractivity contribution in [2.45, 2.75) is 32.2 Å². The van der Waals surface area contributed by atoms with Crippen LogP contribution < -0.4 is 0 Å². The summed E-state index contributed by atoms with van der Waals surface area (Å²) in [6.45, 7) is 2.73. The predicted octanol–water partition coefficient (Wildman–Crippen LogP) is 3.96. The first-order chi connectivity index (χ1) is 9.06. The molecule has 0 amide bonds. The summed E-state index contributed by atoms with van der Waals surface area (Å²) < 4.78 is 29.3. The molecule has 0 N–H and O–H groups in total. The van der Waals surface area contributed by atoms with Crippen LogP contribution in [0.5, 0.6) is 0 Å². The topological polar surface area (TPSA) is 17.8 Å². The molecule has 3 rings (SSSR count). The number of rotatable bonds is 1. The third kappa shape index (κ3) is 2.20. The monoisotopic (exact) mass is 326 g/mol. The molecule has 1 atom stereocenters. The van der Waals surface area contributed by atoms with Gasteiger partial charge in [0.15, 0.2) is 11.6 Å². The van der Waals surface area contributed by atoms with Crippen LogP contribution in [0.15, 0.2) is 22.8 Å². The van der Waals surface area contributed by atoms with Crippen LogP contribution in [0, 0.1) is 18.6 Å². The maximum Gasteiger partial charge on any atom is 0.159 e. The summed E-state index contributed by atoms with van der Waals surface area (Å²) in [6.07, 6.45) is 1.82. The summed E-state index contributed by atoms with van der Waals surface area (Å²) in [5.74, 6) is -0.398. The molecule has 2 heterocycles. The maximum absolute atomic E-state index is 13.3. The van der Waals surface area contributed by atoms with Crippen LogP contribution in [-0.4, -0.2) is 9.55 Å². The van der Waals surface area contributed by atoms with Crippen molar-refractivity contribution in [2.75, 3.05) is 0 Å². The number of imidazole rings is 1. The van der Waals surface area contributed by atoms with Gasteiger partial charge in [-0.3, -0.25) is 0 Å². The Bertz CT molecular complexity index is 637. The second-order valence-corrected chi connectivity index (χ2v) is 5.67. The summed E-state index contributed by atoms with van der Waals surface area (Å²) >= 11 is 3.46. The van der Waals surface area contributed by atoms with Crippen LogP contribution in [0.25, 0.3) is 0 Å². The van der Waals surface area contributed by atoms with Crippen molar-refractivity contribution in [3.8, 4) is 0 Å². The summed E-state index contributed by atoms with van der Waals surface area (Å²) in [5.41, 5.74) is 2.05. The number of hydrogen-bond acceptors (Lipinski definition) is 1. The molecule has 1 aromatic heterocycles. The number of benzene rings is 1. The van der Waals surface area contributed by atoms with Crippen molar-refractivity contribution in [3.05, 3.63) is 51.5 Å². The van der Waals surface area contributed by atoms with E-state index in [0.29, 0.717) is 0 Å². The van der Waals surface area contributed by atoms with E-state index in [1.54, 1.807) is 6.07 Å². The molecular formula is C14H13BrF2N2. The lowest BCUT2D eigenvalue weighted by Gasteiger charge is -2.25. The molecule has 0 saturated carbocycles. The number of aromatic nitrogens is 2. The van der Waals surface area contributed by atoms with Crippen molar-refractivity contribution < 1.29 is 8.78 Å². The van der Waals surface area contributed by atoms with E-state index in [1.165, 1.54) is 17.8 Å². The Balaban J connectivity index is 1.93. The Kier molecular flexibility index (Phi) is 3.17. The highest BCUT2D eigenvalue weighted by atomic mass is 79.9. The first-order valence-electron chi connectivity index (χ1n) is 6.22. The van der Waals surface area contributed by atoms with Crippen LogP contribution >= 0.6 is 15.9 Å². The summed E-state index contributed by atoms with van der Waals surface area (Å²) in [7, 11) is 0. The molecule has 2 nitrogen and oxygen atoms in total. The van der Waals surface area contributed by atoms with Gasteiger partial charge in [-0.15, -0.1) is 0 Å². The molecule has 100 valence electrons. The fourth-order valence-electron chi connectivity index (χ4n) is 2.72. The smallest absolute Gasteiger partial charge is 0.159 e. The van der Waals surface area contributed by atoms with Crippen molar-refractivity contribution in [1.29, 1.82) is 0 Å². The minimum absolute atomic E-state index is 0.211. The van der Waals surface area contributed by atoms with E-state index in [0.717, 1.165) is 35.4 Å². The van der Waals surface area contributed by atoms with Gasteiger partial charge in [0.2, 0.25) is 0 Å². The van der Waals surface area contributed by atoms with E-state index in [2.05, 4.69) is 25.5 Å². The molecule has 0 radical (unpaired) electrons. The fraction of sp³-hybridized carbons (Fsp3) is 0.357. The zero-order valence-corrected chi connectivity index (χ0v) is 12.0. The molecule has 0 spiro atoms. The van der Waals surface area contributed by atoms with E-state index >= 15 is 0 Å². The van der Waals surface area contributed by atoms with Gasteiger partial charge in [-0.2, -0.15) is 0 Å². The Hall–Kier alpha value is -1.23. The molecule has 5 heteroatoms. The summed E-state index contributed by atoms with van der Waals surface area (Å²) in [5, 5.41) is 0. The van der Waals surface area contributed by atoms with Gasteiger partial charge >= 0.3 is 0 Å². The average Bonchev–Trinajstić information content (AvgIpc) is 2.68. The number of fused-ring (bicyclic) bond motifs is 1. The van der Waals surface area contributed by atoms with Crippen molar-refractivity contribution >= 4 is 15.9 Å². The number of halogens is 3. The van der Waals surface area contributed by atoms with Gasteiger partial charge in [0.25, 0.3) is 0 Å². The predicted molar refractivity (Wildman–Crippen MR) is 72.1 cm³/mol. The largest absolute Gasteiger partial charge is 0.331 e. The Labute approximate surface area is 118 Å². The SMILES string of the molecule is Cc1nc(Br)c2n1CC(c1ccc(F)c(F)c1)CC2. The average molecular weight is 327 g/mol. The van der Waals surface area contributed by atoms with Gasteiger partial charge in [-0.05, 0) is 53.4 Å². The van der Waals surface area contributed by atoms with Crippen LogP contribution in [0.4, 0.5) is 8.78 Å². The molecule has 2 aromatic rings. The van der Waals surface area contributed by atoms with Gasteiger partial charge in [0.1, 0.15) is 10.4 Å². The first-order valence-corrected chi connectivity index (χ1v) is 7.02. The zero-order valence-electron chi connectivity index (χ0n) is 10.5. The van der Waals surface area contributed by atoms with Crippen LogP contribution in [-0.2, 0) is 13.0 Å². The van der Waals surface area contributed by atoms with Crippen molar-refractivity contribution in [1.82, 2.24) is 9.55 Å². The normalized spacial score (nSPS) is 18.4. The van der Waals surface area contributed by atoms with Gasteiger partial charge in [0.05, 0.1) is 5.69 Å². The van der Waals surface area contributed by atoms with Crippen molar-refractivity contribution in [2.24, 2.45) is 0 Å². The molecule has 0 aliphatic carbocycles. The molecule has 1 aliphatic heterocycles. The Morgan fingerprint density at radius 1 is 1.32 bits per heavy atom. The van der Waals surface area contributed by atoms with E-state index in [1.807, 2.05) is 6.92 Å². The number of nitrogens with zero attached hydrogens (tertiary/aromatic N) is 2. The highest BCUT2D eigenvalue weighted by Crippen LogP contribution is 2.33. The van der Waals surface area contributed by atoms with Crippen molar-refractivity contribution in [3.63, 3.8) is 0 Å². The van der Waals surface area contributed by atoms with Gasteiger partial charge in [-0.25, -0.2) is 13.8 Å². The lowest BCUT2D eigenvalue weighted by Crippen LogP contribution is -2.19. The molecule has 19 heavy (non-hydrogen) atoms. The second kappa shape index (κ2) is 4.71. The quantitative estimate of drug-likeness (QED) is 0.775. The highest BCUT2D eigenvalue weighted by Gasteiger charge is 2.24. The van der Waals surface area contributed by atoms with Crippen LogP contribution in [0.3, 0.4) is 0 Å². The van der Waals surface area contributed by atoms with Crippen LogP contribution in [0.1, 0.15) is 29.4 Å². The third-order valence-electron chi connectivity index (χ3n) is 3.76. The van der Waals surface area contributed by atoms with E-state index in [9.17, 15) is 8.78 Å². The Morgan fingerprint density at radius 3 is 2.84 bits per heavy atom. The first kappa shape index (κ1) is 12.8. The summed E-state index contributed by atoms with van der Waals surface area (Å²) in [6, 6.07) is 4.19. The number of hydrogen-bond donors (Lipinski definition) is 0. The minimum atomic E-state index is -0.790. The minimum Gasteiger partial charge on any atom is -0.331 e. The number of aryl methyl sites for hydroxylation is 1. The zero-order chi connectivity index (χ0) is 13.6. The van der Waals surface area contributed by atoms with E-state index in [-0.39, 0.29) is 5.92 Å².